The molecule has 108 valence electrons. The van der Waals surface area contributed by atoms with Gasteiger partial charge in [0.2, 0.25) is 0 Å². The molecule has 0 fully saturated rings. The summed E-state index contributed by atoms with van der Waals surface area (Å²) in [5.41, 5.74) is 3.33. The Morgan fingerprint density at radius 3 is 2.71 bits per heavy atom. The number of ether oxygens (including phenoxy) is 1. The molecule has 0 spiro atoms. The fraction of sp³-hybridized carbons (Fsp3) is 0.0667. The molecule has 0 aliphatic heterocycles. The number of hydrogen-bond donors (Lipinski definition) is 2. The van der Waals surface area contributed by atoms with Crippen molar-refractivity contribution in [2.75, 3.05) is 7.11 Å². The first-order valence-corrected chi connectivity index (χ1v) is 6.86. The Bertz CT molecular complexity index is 672. The SMILES string of the molecule is COc1cc(Br)cc(/C=N/NC(=O)c2ccccc2)c1O. The van der Waals surface area contributed by atoms with Crippen LogP contribution in [0.5, 0.6) is 11.5 Å². The quantitative estimate of drug-likeness (QED) is 0.659. The van der Waals surface area contributed by atoms with Gasteiger partial charge in [0.25, 0.3) is 5.91 Å². The van der Waals surface area contributed by atoms with E-state index in [9.17, 15) is 9.90 Å². The Labute approximate surface area is 130 Å². The van der Waals surface area contributed by atoms with Gasteiger partial charge in [-0.05, 0) is 24.3 Å². The third kappa shape index (κ3) is 3.82. The lowest BCUT2D eigenvalue weighted by atomic mass is 10.2. The van der Waals surface area contributed by atoms with Gasteiger partial charge in [0.15, 0.2) is 11.5 Å². The maximum atomic E-state index is 11.8. The molecule has 0 saturated heterocycles. The number of rotatable bonds is 4. The van der Waals surface area contributed by atoms with Gasteiger partial charge in [-0.1, -0.05) is 34.1 Å². The van der Waals surface area contributed by atoms with Crippen molar-refractivity contribution in [3.63, 3.8) is 0 Å². The summed E-state index contributed by atoms with van der Waals surface area (Å²) in [7, 11) is 1.46. The van der Waals surface area contributed by atoms with Crippen LogP contribution >= 0.6 is 15.9 Å². The Balaban J connectivity index is 2.12. The zero-order valence-corrected chi connectivity index (χ0v) is 12.8. The van der Waals surface area contributed by atoms with E-state index in [2.05, 4.69) is 26.5 Å². The molecule has 0 bridgehead atoms. The number of phenols is 1. The number of phenolic OH excluding ortho intramolecular Hbond substituents is 1. The van der Waals surface area contributed by atoms with E-state index in [0.717, 1.165) is 4.47 Å². The molecule has 21 heavy (non-hydrogen) atoms. The summed E-state index contributed by atoms with van der Waals surface area (Å²) in [5.74, 6) is -0.0491. The minimum absolute atomic E-state index is 0.0431. The minimum Gasteiger partial charge on any atom is -0.504 e. The van der Waals surface area contributed by atoms with Crippen LogP contribution in [-0.4, -0.2) is 24.3 Å². The highest BCUT2D eigenvalue weighted by molar-refractivity contribution is 9.10. The van der Waals surface area contributed by atoms with Gasteiger partial charge in [0.05, 0.1) is 13.3 Å². The predicted molar refractivity (Wildman–Crippen MR) is 83.9 cm³/mol. The summed E-state index contributed by atoms with van der Waals surface area (Å²) in [6.07, 6.45) is 1.35. The lowest BCUT2D eigenvalue weighted by molar-refractivity contribution is 0.0955. The fourth-order valence-electron chi connectivity index (χ4n) is 1.66. The van der Waals surface area contributed by atoms with E-state index in [1.165, 1.54) is 13.3 Å². The van der Waals surface area contributed by atoms with E-state index >= 15 is 0 Å². The third-order valence-corrected chi connectivity index (χ3v) is 3.15. The number of methoxy groups -OCH3 is 1. The van der Waals surface area contributed by atoms with Crippen molar-refractivity contribution in [2.45, 2.75) is 0 Å². The molecule has 0 heterocycles. The number of hydrogen-bond acceptors (Lipinski definition) is 4. The van der Waals surface area contributed by atoms with Crippen LogP contribution < -0.4 is 10.2 Å². The molecule has 2 aromatic rings. The topological polar surface area (TPSA) is 70.9 Å². The van der Waals surface area contributed by atoms with Crippen molar-refractivity contribution in [3.8, 4) is 11.5 Å². The second kappa shape index (κ2) is 6.90. The van der Waals surface area contributed by atoms with Gasteiger partial charge in [0.1, 0.15) is 0 Å². The van der Waals surface area contributed by atoms with Gasteiger partial charge in [0, 0.05) is 15.6 Å². The van der Waals surface area contributed by atoms with E-state index in [1.807, 2.05) is 6.07 Å². The molecule has 0 aliphatic carbocycles. The van der Waals surface area contributed by atoms with Crippen LogP contribution in [0, 0.1) is 0 Å². The number of halogens is 1. The Hall–Kier alpha value is -2.34. The standard InChI is InChI=1S/C15H13BrN2O3/c1-21-13-8-12(16)7-11(14(13)19)9-17-18-15(20)10-5-3-2-4-6-10/h2-9,19H,1H3,(H,18,20)/b17-9+. The summed E-state index contributed by atoms with van der Waals surface area (Å²) >= 11 is 3.31. The number of nitrogens with one attached hydrogen (secondary N) is 1. The van der Waals surface area contributed by atoms with Gasteiger partial charge in [-0.3, -0.25) is 4.79 Å². The molecule has 5 nitrogen and oxygen atoms in total. The molecule has 0 radical (unpaired) electrons. The Morgan fingerprint density at radius 1 is 1.33 bits per heavy atom. The number of carbonyl (C=O) groups excluding carboxylic acids is 1. The Kier molecular flexibility index (Phi) is 4.94. The lowest BCUT2D eigenvalue weighted by Gasteiger charge is -2.06. The zero-order valence-electron chi connectivity index (χ0n) is 11.2. The molecule has 0 saturated carbocycles. The van der Waals surface area contributed by atoms with Crippen LogP contribution in [0.1, 0.15) is 15.9 Å². The van der Waals surface area contributed by atoms with Crippen molar-refractivity contribution in [2.24, 2.45) is 5.10 Å². The van der Waals surface area contributed by atoms with Gasteiger partial charge in [-0.2, -0.15) is 5.10 Å². The van der Waals surface area contributed by atoms with Crippen LogP contribution in [0.2, 0.25) is 0 Å². The average molecular weight is 349 g/mol. The highest BCUT2D eigenvalue weighted by Crippen LogP contribution is 2.32. The smallest absolute Gasteiger partial charge is 0.271 e. The molecule has 2 aromatic carbocycles. The Morgan fingerprint density at radius 2 is 2.05 bits per heavy atom. The first-order chi connectivity index (χ1) is 10.1. The molecule has 0 aliphatic rings. The molecule has 6 heteroatoms. The normalized spacial score (nSPS) is 10.6. The monoisotopic (exact) mass is 348 g/mol. The number of amides is 1. The number of hydrazone groups is 1. The molecule has 0 atom stereocenters. The number of aromatic hydroxyl groups is 1. The minimum atomic E-state index is -0.326. The summed E-state index contributed by atoms with van der Waals surface area (Å²) in [6, 6.07) is 12.0. The van der Waals surface area contributed by atoms with Gasteiger partial charge in [-0.25, -0.2) is 5.43 Å². The van der Waals surface area contributed by atoms with Crippen molar-refractivity contribution in [3.05, 3.63) is 58.1 Å². The van der Waals surface area contributed by atoms with Crippen molar-refractivity contribution in [1.82, 2.24) is 5.43 Å². The highest BCUT2D eigenvalue weighted by Gasteiger charge is 2.08. The molecular weight excluding hydrogens is 336 g/mol. The summed E-state index contributed by atoms with van der Waals surface area (Å²) in [5, 5.41) is 13.8. The van der Waals surface area contributed by atoms with E-state index in [4.69, 9.17) is 4.74 Å². The third-order valence-electron chi connectivity index (χ3n) is 2.69. The number of carbonyl (C=O) groups is 1. The summed E-state index contributed by atoms with van der Waals surface area (Å²) in [6.45, 7) is 0. The van der Waals surface area contributed by atoms with Crippen LogP contribution in [0.4, 0.5) is 0 Å². The molecule has 0 unspecified atom stereocenters. The van der Waals surface area contributed by atoms with E-state index in [-0.39, 0.29) is 11.7 Å². The molecule has 2 N–H and O–H groups in total. The highest BCUT2D eigenvalue weighted by atomic mass is 79.9. The van der Waals surface area contributed by atoms with Crippen LogP contribution in [-0.2, 0) is 0 Å². The zero-order chi connectivity index (χ0) is 15.2. The average Bonchev–Trinajstić information content (AvgIpc) is 2.51. The first kappa shape index (κ1) is 15.1. The van der Waals surface area contributed by atoms with Crippen LogP contribution in [0.25, 0.3) is 0 Å². The number of benzene rings is 2. The lowest BCUT2D eigenvalue weighted by Crippen LogP contribution is -2.17. The van der Waals surface area contributed by atoms with Gasteiger partial charge >= 0.3 is 0 Å². The van der Waals surface area contributed by atoms with Gasteiger partial charge < -0.3 is 9.84 Å². The fourth-order valence-corrected chi connectivity index (χ4v) is 2.12. The molecule has 1 amide bonds. The van der Waals surface area contributed by atoms with Crippen LogP contribution in [0.3, 0.4) is 0 Å². The predicted octanol–water partition coefficient (Wildman–Crippen LogP) is 2.93. The second-order valence-corrected chi connectivity index (χ2v) is 5.03. The molecule has 2 rings (SSSR count). The van der Waals surface area contributed by atoms with Crippen LogP contribution in [0.15, 0.2) is 52.0 Å². The maximum Gasteiger partial charge on any atom is 0.271 e. The van der Waals surface area contributed by atoms with E-state index < -0.39 is 0 Å². The van der Waals surface area contributed by atoms with E-state index in [0.29, 0.717) is 16.9 Å². The summed E-state index contributed by atoms with van der Waals surface area (Å²) in [4.78, 5) is 11.8. The van der Waals surface area contributed by atoms with Crippen molar-refractivity contribution >= 4 is 28.1 Å². The number of nitrogens with zero attached hydrogens (tertiary/aromatic N) is 1. The molecule has 0 aromatic heterocycles. The van der Waals surface area contributed by atoms with Gasteiger partial charge in [-0.15, -0.1) is 0 Å². The first-order valence-electron chi connectivity index (χ1n) is 6.06. The largest absolute Gasteiger partial charge is 0.504 e. The van der Waals surface area contributed by atoms with E-state index in [1.54, 1.807) is 36.4 Å². The van der Waals surface area contributed by atoms with Crippen molar-refractivity contribution in [1.29, 1.82) is 0 Å². The summed E-state index contributed by atoms with van der Waals surface area (Å²) < 4.78 is 5.76. The van der Waals surface area contributed by atoms with Crippen molar-refractivity contribution < 1.29 is 14.6 Å². The molecular formula is C15H13BrN2O3. The maximum absolute atomic E-state index is 11.8. The second-order valence-electron chi connectivity index (χ2n) is 4.11.